The highest BCUT2D eigenvalue weighted by Crippen LogP contribution is 2.31. The van der Waals surface area contributed by atoms with Crippen LogP contribution in [-0.4, -0.2) is 22.7 Å². The van der Waals surface area contributed by atoms with E-state index in [4.69, 9.17) is 0 Å². The van der Waals surface area contributed by atoms with Crippen molar-refractivity contribution >= 4 is 11.8 Å². The molecule has 1 unspecified atom stereocenters. The van der Waals surface area contributed by atoms with Crippen molar-refractivity contribution < 1.29 is 9.50 Å². The molecule has 0 fully saturated rings. The van der Waals surface area contributed by atoms with Crippen LogP contribution in [0.3, 0.4) is 0 Å². The third-order valence-electron chi connectivity index (χ3n) is 3.91. The zero-order chi connectivity index (χ0) is 14.5. The molecule has 0 radical (unpaired) electrons. The van der Waals surface area contributed by atoms with Crippen LogP contribution in [0.2, 0.25) is 0 Å². The highest BCUT2D eigenvalue weighted by atomic mass is 32.2. The van der Waals surface area contributed by atoms with Crippen LogP contribution in [0, 0.1) is 5.82 Å². The Morgan fingerprint density at radius 3 is 2.53 bits per heavy atom. The summed E-state index contributed by atoms with van der Waals surface area (Å²) in [6.07, 6.45) is 4.29. The van der Waals surface area contributed by atoms with E-state index in [1.807, 2.05) is 18.7 Å². The number of hydrogen-bond acceptors (Lipinski definition) is 3. The molecule has 4 heteroatoms. The summed E-state index contributed by atoms with van der Waals surface area (Å²) in [4.78, 5) is 0. The molecule has 2 nitrogen and oxygen atoms in total. The summed E-state index contributed by atoms with van der Waals surface area (Å²) in [5, 5.41) is 13.2. The molecule has 0 aliphatic rings. The number of benzene rings is 1. The summed E-state index contributed by atoms with van der Waals surface area (Å²) in [6.45, 7) is 7.17. The highest BCUT2D eigenvalue weighted by Gasteiger charge is 2.25. The lowest BCUT2D eigenvalue weighted by Crippen LogP contribution is -2.37. The van der Waals surface area contributed by atoms with Crippen molar-refractivity contribution in [3.8, 4) is 5.75 Å². The molecule has 0 aliphatic heterocycles. The number of phenols is 1. The van der Waals surface area contributed by atoms with Gasteiger partial charge in [0.05, 0.1) is 0 Å². The van der Waals surface area contributed by atoms with Crippen molar-refractivity contribution in [1.82, 2.24) is 5.32 Å². The number of hydrogen-bond donors (Lipinski definition) is 2. The molecule has 2 N–H and O–H groups in total. The van der Waals surface area contributed by atoms with Gasteiger partial charge < -0.3 is 10.4 Å². The maximum Gasteiger partial charge on any atom is 0.123 e. The van der Waals surface area contributed by atoms with E-state index in [1.54, 1.807) is 0 Å². The van der Waals surface area contributed by atoms with Gasteiger partial charge in [-0.05, 0) is 44.2 Å². The first-order valence-electron chi connectivity index (χ1n) is 6.75. The average Bonchev–Trinajstić information content (AvgIpc) is 2.43. The SMILES string of the molecule is CCC(CC)(CNC(C)c1cc(F)ccc1O)SC. The van der Waals surface area contributed by atoms with Crippen LogP contribution in [-0.2, 0) is 0 Å². The van der Waals surface area contributed by atoms with E-state index in [1.165, 1.54) is 18.2 Å². The number of halogens is 1. The second kappa shape index (κ2) is 7.15. The smallest absolute Gasteiger partial charge is 0.123 e. The van der Waals surface area contributed by atoms with Gasteiger partial charge >= 0.3 is 0 Å². The van der Waals surface area contributed by atoms with Gasteiger partial charge in [0.25, 0.3) is 0 Å². The van der Waals surface area contributed by atoms with E-state index in [9.17, 15) is 9.50 Å². The second-order valence-electron chi connectivity index (χ2n) is 4.90. The van der Waals surface area contributed by atoms with Crippen LogP contribution in [0.15, 0.2) is 18.2 Å². The van der Waals surface area contributed by atoms with Gasteiger partial charge in [0.1, 0.15) is 11.6 Å². The molecule has 1 aromatic carbocycles. The molecule has 0 heterocycles. The number of rotatable bonds is 7. The van der Waals surface area contributed by atoms with Gasteiger partial charge in [-0.2, -0.15) is 11.8 Å². The summed E-state index contributed by atoms with van der Waals surface area (Å²) in [5.41, 5.74) is 0.613. The Morgan fingerprint density at radius 1 is 1.37 bits per heavy atom. The summed E-state index contributed by atoms with van der Waals surface area (Å²) >= 11 is 1.86. The predicted octanol–water partition coefficient (Wildman–Crippen LogP) is 4.10. The van der Waals surface area contributed by atoms with Gasteiger partial charge in [0, 0.05) is 22.9 Å². The minimum atomic E-state index is -0.316. The van der Waals surface area contributed by atoms with Crippen LogP contribution in [0.1, 0.15) is 45.2 Å². The van der Waals surface area contributed by atoms with Crippen LogP contribution in [0.4, 0.5) is 4.39 Å². The van der Waals surface area contributed by atoms with Gasteiger partial charge in [-0.1, -0.05) is 13.8 Å². The van der Waals surface area contributed by atoms with Crippen molar-refractivity contribution in [1.29, 1.82) is 0 Å². The Labute approximate surface area is 119 Å². The Morgan fingerprint density at radius 2 is 2.00 bits per heavy atom. The lowest BCUT2D eigenvalue weighted by molar-refractivity contribution is 0.429. The summed E-state index contributed by atoms with van der Waals surface area (Å²) in [5.74, 6) is -0.173. The Hall–Kier alpha value is -0.740. The fourth-order valence-corrected chi connectivity index (χ4v) is 2.99. The first-order valence-corrected chi connectivity index (χ1v) is 7.97. The van der Waals surface area contributed by atoms with Crippen molar-refractivity contribution in [2.24, 2.45) is 0 Å². The van der Waals surface area contributed by atoms with Crippen molar-refractivity contribution in [3.05, 3.63) is 29.6 Å². The maximum absolute atomic E-state index is 13.2. The van der Waals surface area contributed by atoms with Crippen molar-refractivity contribution in [3.63, 3.8) is 0 Å². The average molecular weight is 285 g/mol. The van der Waals surface area contributed by atoms with E-state index in [0.29, 0.717) is 5.56 Å². The van der Waals surface area contributed by atoms with Gasteiger partial charge in [-0.25, -0.2) is 4.39 Å². The van der Waals surface area contributed by atoms with Crippen molar-refractivity contribution in [2.75, 3.05) is 12.8 Å². The van der Waals surface area contributed by atoms with Crippen LogP contribution in [0.25, 0.3) is 0 Å². The zero-order valence-electron chi connectivity index (χ0n) is 12.2. The van der Waals surface area contributed by atoms with Crippen LogP contribution >= 0.6 is 11.8 Å². The fraction of sp³-hybridized carbons (Fsp3) is 0.600. The fourth-order valence-electron chi connectivity index (χ4n) is 2.18. The van der Waals surface area contributed by atoms with Crippen LogP contribution < -0.4 is 5.32 Å². The van der Waals surface area contributed by atoms with Crippen molar-refractivity contribution in [2.45, 2.75) is 44.4 Å². The quantitative estimate of drug-likeness (QED) is 0.791. The molecule has 1 atom stereocenters. The third kappa shape index (κ3) is 4.11. The van der Waals surface area contributed by atoms with Gasteiger partial charge in [0.15, 0.2) is 0 Å². The monoisotopic (exact) mass is 285 g/mol. The number of aromatic hydroxyl groups is 1. The highest BCUT2D eigenvalue weighted by molar-refractivity contribution is 8.00. The summed E-state index contributed by atoms with van der Waals surface area (Å²) in [6, 6.07) is 4.01. The third-order valence-corrected chi connectivity index (χ3v) is 5.50. The molecule has 0 aromatic heterocycles. The Balaban J connectivity index is 2.74. The molecular weight excluding hydrogens is 261 g/mol. The standard InChI is InChI=1S/C15H24FNOS/c1-5-15(6-2,19-4)10-17-11(3)13-9-12(16)7-8-14(13)18/h7-9,11,17-18H,5-6,10H2,1-4H3. The zero-order valence-corrected chi connectivity index (χ0v) is 13.0. The minimum absolute atomic E-state index is 0.0691. The number of phenolic OH excluding ortho intramolecular Hbond substituents is 1. The first-order chi connectivity index (χ1) is 8.98. The van der Waals surface area contributed by atoms with Gasteiger partial charge in [-0.15, -0.1) is 0 Å². The van der Waals surface area contributed by atoms with E-state index >= 15 is 0 Å². The summed E-state index contributed by atoms with van der Waals surface area (Å²) in [7, 11) is 0. The molecule has 0 amide bonds. The van der Waals surface area contributed by atoms with E-state index in [0.717, 1.165) is 19.4 Å². The Bertz CT molecular complexity index is 399. The van der Waals surface area contributed by atoms with Gasteiger partial charge in [0.2, 0.25) is 0 Å². The topological polar surface area (TPSA) is 32.3 Å². The minimum Gasteiger partial charge on any atom is -0.508 e. The number of thioether (sulfide) groups is 1. The molecule has 1 aromatic rings. The molecule has 0 spiro atoms. The first kappa shape index (κ1) is 16.3. The predicted molar refractivity (Wildman–Crippen MR) is 81.3 cm³/mol. The summed E-state index contributed by atoms with van der Waals surface area (Å²) < 4.78 is 13.4. The molecule has 0 saturated heterocycles. The molecule has 108 valence electrons. The normalized spacial score (nSPS) is 13.5. The largest absolute Gasteiger partial charge is 0.508 e. The molecular formula is C15H24FNOS. The van der Waals surface area contributed by atoms with E-state index in [2.05, 4.69) is 25.4 Å². The lowest BCUT2D eigenvalue weighted by atomic mass is 10.0. The Kier molecular flexibility index (Phi) is 6.14. The number of nitrogens with one attached hydrogen (secondary N) is 1. The molecule has 1 rings (SSSR count). The molecule has 0 saturated carbocycles. The van der Waals surface area contributed by atoms with E-state index < -0.39 is 0 Å². The van der Waals surface area contributed by atoms with Gasteiger partial charge in [-0.3, -0.25) is 0 Å². The lowest BCUT2D eigenvalue weighted by Gasteiger charge is -2.31. The van der Waals surface area contributed by atoms with Crippen LogP contribution in [0.5, 0.6) is 5.75 Å². The van der Waals surface area contributed by atoms with E-state index in [-0.39, 0.29) is 22.4 Å². The molecule has 19 heavy (non-hydrogen) atoms. The molecule has 0 bridgehead atoms. The second-order valence-corrected chi connectivity index (χ2v) is 6.17. The maximum atomic E-state index is 13.2. The molecule has 0 aliphatic carbocycles.